The van der Waals surface area contributed by atoms with Crippen molar-refractivity contribution in [1.29, 1.82) is 0 Å². The summed E-state index contributed by atoms with van der Waals surface area (Å²) in [6.45, 7) is 3.94. The Hall–Kier alpha value is -1.10. The Morgan fingerprint density at radius 1 is 1.53 bits per heavy atom. The number of nitrogens with zero attached hydrogens (tertiary/aromatic N) is 1. The van der Waals surface area contributed by atoms with Crippen molar-refractivity contribution in [3.63, 3.8) is 0 Å². The Labute approximate surface area is 89.0 Å². The van der Waals surface area contributed by atoms with Gasteiger partial charge in [-0.15, -0.1) is 0 Å². The van der Waals surface area contributed by atoms with Crippen LogP contribution in [0.3, 0.4) is 0 Å². The van der Waals surface area contributed by atoms with Gasteiger partial charge in [-0.3, -0.25) is 9.59 Å². The van der Waals surface area contributed by atoms with Gasteiger partial charge in [0.1, 0.15) is 6.10 Å². The number of carbonyl (C=O) groups is 2. The van der Waals surface area contributed by atoms with E-state index in [-0.39, 0.29) is 11.9 Å². The number of aliphatic carboxylic acids is 1. The second-order valence-electron chi connectivity index (χ2n) is 3.88. The van der Waals surface area contributed by atoms with Crippen molar-refractivity contribution in [2.45, 2.75) is 32.4 Å². The van der Waals surface area contributed by atoms with Gasteiger partial charge in [0.15, 0.2) is 0 Å². The molecule has 0 saturated carbocycles. The van der Waals surface area contributed by atoms with E-state index in [9.17, 15) is 9.59 Å². The van der Waals surface area contributed by atoms with Crippen LogP contribution in [-0.2, 0) is 14.3 Å². The molecule has 86 valence electrons. The monoisotopic (exact) mass is 215 g/mol. The molecule has 1 fully saturated rings. The summed E-state index contributed by atoms with van der Waals surface area (Å²) in [4.78, 5) is 24.2. The largest absolute Gasteiger partial charge is 0.481 e. The van der Waals surface area contributed by atoms with E-state index in [1.807, 2.05) is 0 Å². The molecule has 5 nitrogen and oxygen atoms in total. The number of likely N-dealkylation sites (tertiary alicyclic amines) is 1. The number of ether oxygens (including phenoxy) is 1. The molecule has 3 atom stereocenters. The Kier molecular flexibility index (Phi) is 3.68. The summed E-state index contributed by atoms with van der Waals surface area (Å²) in [6.07, 6.45) is 0.0265. The maximum Gasteiger partial charge on any atom is 0.308 e. The summed E-state index contributed by atoms with van der Waals surface area (Å²) in [7, 11) is 1.47. The first-order valence-corrected chi connectivity index (χ1v) is 5.05. The highest BCUT2D eigenvalue weighted by molar-refractivity contribution is 5.82. The number of methoxy groups -OCH3 is 1. The maximum absolute atomic E-state index is 11.8. The Morgan fingerprint density at radius 2 is 2.13 bits per heavy atom. The van der Waals surface area contributed by atoms with Gasteiger partial charge in [0.25, 0.3) is 5.91 Å². The van der Waals surface area contributed by atoms with Crippen LogP contribution < -0.4 is 0 Å². The first-order chi connectivity index (χ1) is 6.99. The third-order valence-electron chi connectivity index (χ3n) is 3.06. The van der Waals surface area contributed by atoms with Gasteiger partial charge >= 0.3 is 5.97 Å². The highest BCUT2D eigenvalue weighted by atomic mass is 16.5. The average Bonchev–Trinajstić information content (AvgIpc) is 2.57. The van der Waals surface area contributed by atoms with Crippen LogP contribution >= 0.6 is 0 Å². The SMILES string of the molecule is COC(C)C(=O)N1CCC(C(=O)O)C1C. The van der Waals surface area contributed by atoms with Crippen molar-refractivity contribution >= 4 is 11.9 Å². The molecule has 1 saturated heterocycles. The first-order valence-electron chi connectivity index (χ1n) is 5.05. The van der Waals surface area contributed by atoms with Crippen LogP contribution in [0.5, 0.6) is 0 Å². The van der Waals surface area contributed by atoms with Crippen LogP contribution in [0, 0.1) is 5.92 Å². The molecule has 5 heteroatoms. The van der Waals surface area contributed by atoms with Gasteiger partial charge in [-0.25, -0.2) is 0 Å². The Morgan fingerprint density at radius 3 is 2.53 bits per heavy atom. The molecule has 0 aromatic carbocycles. The molecule has 1 rings (SSSR count). The van der Waals surface area contributed by atoms with Crippen molar-refractivity contribution in [1.82, 2.24) is 4.90 Å². The molecule has 0 bridgehead atoms. The quantitative estimate of drug-likeness (QED) is 0.737. The molecule has 1 N–H and O–H groups in total. The molecule has 0 aliphatic carbocycles. The van der Waals surface area contributed by atoms with E-state index in [1.54, 1.807) is 18.7 Å². The number of carboxylic acids is 1. The van der Waals surface area contributed by atoms with E-state index in [0.29, 0.717) is 13.0 Å². The summed E-state index contributed by atoms with van der Waals surface area (Å²) < 4.78 is 4.93. The summed E-state index contributed by atoms with van der Waals surface area (Å²) in [5, 5.41) is 8.91. The molecule has 1 heterocycles. The topological polar surface area (TPSA) is 66.8 Å². The highest BCUT2D eigenvalue weighted by Crippen LogP contribution is 2.25. The summed E-state index contributed by atoms with van der Waals surface area (Å²) in [5.41, 5.74) is 0. The predicted molar refractivity (Wildman–Crippen MR) is 53.4 cm³/mol. The minimum Gasteiger partial charge on any atom is -0.481 e. The number of hydrogen-bond donors (Lipinski definition) is 1. The second-order valence-corrected chi connectivity index (χ2v) is 3.88. The molecule has 0 aromatic heterocycles. The second kappa shape index (κ2) is 4.61. The van der Waals surface area contributed by atoms with E-state index in [0.717, 1.165) is 0 Å². The fourth-order valence-electron chi connectivity index (χ4n) is 1.92. The van der Waals surface area contributed by atoms with E-state index < -0.39 is 18.0 Å². The molecule has 3 unspecified atom stereocenters. The van der Waals surface area contributed by atoms with Gasteiger partial charge in [0.2, 0.25) is 0 Å². The standard InChI is InChI=1S/C10H17NO4/c1-6-8(10(13)14)4-5-11(6)9(12)7(2)15-3/h6-8H,4-5H2,1-3H3,(H,13,14). The lowest BCUT2D eigenvalue weighted by molar-refractivity contribution is -0.145. The summed E-state index contributed by atoms with van der Waals surface area (Å²) in [5.74, 6) is -1.41. The van der Waals surface area contributed by atoms with Crippen molar-refractivity contribution < 1.29 is 19.4 Å². The lowest BCUT2D eigenvalue weighted by atomic mass is 10.0. The molecule has 0 radical (unpaired) electrons. The van der Waals surface area contributed by atoms with Crippen LogP contribution in [0.1, 0.15) is 20.3 Å². The predicted octanol–water partition coefficient (Wildman–Crippen LogP) is 0.343. The smallest absolute Gasteiger partial charge is 0.308 e. The maximum atomic E-state index is 11.8. The van der Waals surface area contributed by atoms with Gasteiger partial charge in [0, 0.05) is 19.7 Å². The molecule has 1 aliphatic heterocycles. The Bertz CT molecular complexity index is 266. The zero-order valence-corrected chi connectivity index (χ0v) is 9.27. The van der Waals surface area contributed by atoms with Crippen LogP contribution in [-0.4, -0.2) is 47.7 Å². The summed E-state index contributed by atoms with van der Waals surface area (Å²) >= 11 is 0. The lowest BCUT2D eigenvalue weighted by Gasteiger charge is -2.25. The van der Waals surface area contributed by atoms with Gasteiger partial charge < -0.3 is 14.7 Å². The molecular weight excluding hydrogens is 198 g/mol. The van der Waals surface area contributed by atoms with Crippen molar-refractivity contribution in [2.24, 2.45) is 5.92 Å². The number of rotatable bonds is 3. The van der Waals surface area contributed by atoms with Crippen molar-refractivity contribution in [3.05, 3.63) is 0 Å². The summed E-state index contributed by atoms with van der Waals surface area (Å²) in [6, 6.07) is -0.243. The fraction of sp³-hybridized carbons (Fsp3) is 0.800. The fourth-order valence-corrected chi connectivity index (χ4v) is 1.92. The zero-order valence-electron chi connectivity index (χ0n) is 9.27. The van der Waals surface area contributed by atoms with Gasteiger partial charge in [-0.1, -0.05) is 0 Å². The highest BCUT2D eigenvalue weighted by Gasteiger charge is 2.39. The first kappa shape index (κ1) is 12.0. The normalized spacial score (nSPS) is 27.8. The van der Waals surface area contributed by atoms with Gasteiger partial charge in [-0.05, 0) is 20.3 Å². The van der Waals surface area contributed by atoms with E-state index in [2.05, 4.69) is 0 Å². The number of amides is 1. The molecule has 1 aliphatic rings. The minimum atomic E-state index is -0.831. The lowest BCUT2D eigenvalue weighted by Crippen LogP contribution is -2.42. The third kappa shape index (κ3) is 2.28. The van der Waals surface area contributed by atoms with Crippen LogP contribution in [0.15, 0.2) is 0 Å². The van der Waals surface area contributed by atoms with Crippen molar-refractivity contribution in [2.75, 3.05) is 13.7 Å². The van der Waals surface area contributed by atoms with E-state index in [1.165, 1.54) is 7.11 Å². The average molecular weight is 215 g/mol. The molecule has 15 heavy (non-hydrogen) atoms. The van der Waals surface area contributed by atoms with Crippen molar-refractivity contribution in [3.8, 4) is 0 Å². The van der Waals surface area contributed by atoms with Gasteiger partial charge in [-0.2, -0.15) is 0 Å². The number of hydrogen-bond acceptors (Lipinski definition) is 3. The Balaban J connectivity index is 2.67. The molecule has 0 spiro atoms. The van der Waals surface area contributed by atoms with Gasteiger partial charge in [0.05, 0.1) is 5.92 Å². The van der Waals surface area contributed by atoms with E-state index >= 15 is 0 Å². The number of carbonyl (C=O) groups excluding carboxylic acids is 1. The number of carboxylic acid groups (broad SMARTS) is 1. The molecular formula is C10H17NO4. The molecule has 1 amide bonds. The zero-order chi connectivity index (χ0) is 11.6. The van der Waals surface area contributed by atoms with Crippen LogP contribution in [0.4, 0.5) is 0 Å². The third-order valence-corrected chi connectivity index (χ3v) is 3.06. The minimum absolute atomic E-state index is 0.131. The van der Waals surface area contributed by atoms with E-state index in [4.69, 9.17) is 9.84 Å². The molecule has 0 aromatic rings. The van der Waals surface area contributed by atoms with Crippen LogP contribution in [0.25, 0.3) is 0 Å². The van der Waals surface area contributed by atoms with Crippen LogP contribution in [0.2, 0.25) is 0 Å².